The Kier molecular flexibility index (Phi) is 3.28. The Balaban J connectivity index is 0.000000107. The van der Waals surface area contributed by atoms with Crippen LogP contribution in [0.1, 0.15) is 6.42 Å². The Morgan fingerprint density at radius 2 is 1.53 bits per heavy atom. The maximum atomic E-state index is 10.3. The Morgan fingerprint density at radius 1 is 1.06 bits per heavy atom. The first-order valence-corrected chi connectivity index (χ1v) is 6.04. The maximum absolute atomic E-state index is 10.3. The molecule has 0 aromatic heterocycles. The fourth-order valence-corrected chi connectivity index (χ4v) is 1.42. The van der Waals surface area contributed by atoms with Crippen LogP contribution < -0.4 is 5.32 Å². The molecule has 17 heavy (non-hydrogen) atoms. The van der Waals surface area contributed by atoms with Crippen molar-refractivity contribution in [3.8, 4) is 0 Å². The van der Waals surface area contributed by atoms with E-state index in [4.69, 9.17) is 18.9 Å². The van der Waals surface area contributed by atoms with Crippen molar-refractivity contribution >= 4 is 5.91 Å². The number of carbonyl (C=O) groups excluding carboxylic acids is 1. The Morgan fingerprint density at radius 3 is 1.88 bits per heavy atom. The zero-order valence-electron chi connectivity index (χ0n) is 9.59. The molecule has 96 valence electrons. The predicted molar refractivity (Wildman–Crippen MR) is 56.6 cm³/mol. The molecule has 1 amide bonds. The second-order valence-electron chi connectivity index (χ2n) is 4.70. The number of amides is 1. The van der Waals surface area contributed by atoms with Crippen LogP contribution in [0.4, 0.5) is 0 Å². The summed E-state index contributed by atoms with van der Waals surface area (Å²) >= 11 is 0. The van der Waals surface area contributed by atoms with Crippen LogP contribution in [0.3, 0.4) is 0 Å². The molecule has 6 nitrogen and oxygen atoms in total. The predicted octanol–water partition coefficient (Wildman–Crippen LogP) is -0.926. The number of hydrogen-bond donors (Lipinski definition) is 1. The van der Waals surface area contributed by atoms with E-state index in [9.17, 15) is 4.79 Å². The van der Waals surface area contributed by atoms with E-state index in [-0.39, 0.29) is 11.9 Å². The zero-order valence-corrected chi connectivity index (χ0v) is 9.59. The maximum Gasteiger partial charge on any atom is 0.243 e. The number of epoxide rings is 3. The van der Waals surface area contributed by atoms with Gasteiger partial charge in [-0.05, 0) is 0 Å². The van der Waals surface area contributed by atoms with Gasteiger partial charge in [-0.3, -0.25) is 4.79 Å². The molecule has 0 saturated carbocycles. The molecule has 0 radical (unpaired) electrons. The molecule has 0 aromatic carbocycles. The summed E-state index contributed by atoms with van der Waals surface area (Å²) in [5.74, 6) is 0.181. The first-order chi connectivity index (χ1) is 8.31. The van der Waals surface area contributed by atoms with E-state index in [0.29, 0.717) is 18.3 Å². The van der Waals surface area contributed by atoms with Gasteiger partial charge in [0, 0.05) is 6.42 Å². The number of hydrogen-bond acceptors (Lipinski definition) is 5. The van der Waals surface area contributed by atoms with Crippen molar-refractivity contribution in [1.29, 1.82) is 0 Å². The van der Waals surface area contributed by atoms with E-state index >= 15 is 0 Å². The van der Waals surface area contributed by atoms with Gasteiger partial charge in [0.15, 0.2) is 0 Å². The van der Waals surface area contributed by atoms with Crippen LogP contribution in [-0.4, -0.2) is 63.3 Å². The number of nitrogens with one attached hydrogen (secondary N) is 1. The number of carbonyl (C=O) groups is 1. The molecule has 1 N–H and O–H groups in total. The van der Waals surface area contributed by atoms with E-state index < -0.39 is 0 Å². The fraction of sp³-hybridized carbons (Fsp3) is 0.909. The van der Waals surface area contributed by atoms with Crippen molar-refractivity contribution in [1.82, 2.24) is 5.32 Å². The number of rotatable bonds is 6. The monoisotopic (exact) mass is 243 g/mol. The normalized spacial score (nSPS) is 39.9. The first-order valence-electron chi connectivity index (χ1n) is 6.04. The smallest absolute Gasteiger partial charge is 0.243 e. The summed E-state index contributed by atoms with van der Waals surface area (Å²) in [7, 11) is 0. The molecule has 4 fully saturated rings. The molecule has 4 rings (SSSR count). The molecule has 4 heterocycles. The van der Waals surface area contributed by atoms with Gasteiger partial charge in [0.1, 0.15) is 18.2 Å². The molecular weight excluding hydrogens is 226 g/mol. The van der Waals surface area contributed by atoms with Crippen LogP contribution in [0, 0.1) is 0 Å². The largest absolute Gasteiger partial charge is 0.376 e. The lowest BCUT2D eigenvalue weighted by Gasteiger charge is -1.95. The quantitative estimate of drug-likeness (QED) is 0.609. The minimum Gasteiger partial charge on any atom is -0.376 e. The van der Waals surface area contributed by atoms with Crippen LogP contribution in [0.25, 0.3) is 0 Å². The lowest BCUT2D eigenvalue weighted by atomic mass is 10.3. The summed E-state index contributed by atoms with van der Waals surface area (Å²) in [6, 6.07) is 0.141. The van der Waals surface area contributed by atoms with Crippen LogP contribution >= 0.6 is 0 Å². The average molecular weight is 243 g/mol. The van der Waals surface area contributed by atoms with E-state index in [2.05, 4.69) is 5.32 Å². The third kappa shape index (κ3) is 4.59. The van der Waals surface area contributed by atoms with E-state index in [1.165, 1.54) is 0 Å². The standard InChI is InChI=1S/C6H10O3.C5H7NO2/c1(5-3-8-5)7-2-6-4-9-6;7-5-4(6-5)1-3-2-8-3/h5-6H,1-4H2;3-4H,1-2H2,(H,6,7). The molecule has 4 aliphatic heterocycles. The van der Waals surface area contributed by atoms with Crippen molar-refractivity contribution in [2.45, 2.75) is 30.8 Å². The molecular formula is C11H17NO5. The van der Waals surface area contributed by atoms with E-state index in [0.717, 1.165) is 39.5 Å². The lowest BCUT2D eigenvalue weighted by Crippen LogP contribution is -2.06. The molecule has 4 aliphatic rings. The molecule has 4 saturated heterocycles. The Labute approximate surface area is 99.5 Å². The van der Waals surface area contributed by atoms with Gasteiger partial charge in [0.25, 0.3) is 0 Å². The van der Waals surface area contributed by atoms with Crippen molar-refractivity contribution in [2.75, 3.05) is 33.0 Å². The molecule has 4 unspecified atom stereocenters. The highest BCUT2D eigenvalue weighted by Gasteiger charge is 2.39. The summed E-state index contributed by atoms with van der Waals surface area (Å²) < 4.78 is 20.0. The van der Waals surface area contributed by atoms with Gasteiger partial charge in [0.2, 0.25) is 5.91 Å². The van der Waals surface area contributed by atoms with E-state index in [1.807, 2.05) is 0 Å². The molecule has 6 heteroatoms. The van der Waals surface area contributed by atoms with E-state index in [1.54, 1.807) is 0 Å². The topological polar surface area (TPSA) is 85.8 Å². The van der Waals surface area contributed by atoms with Crippen molar-refractivity contribution in [2.24, 2.45) is 0 Å². The second kappa shape index (κ2) is 4.89. The summed E-state index contributed by atoms with van der Waals surface area (Å²) in [6.45, 7) is 4.11. The van der Waals surface area contributed by atoms with Crippen LogP contribution in [-0.2, 0) is 23.7 Å². The lowest BCUT2D eigenvalue weighted by molar-refractivity contribution is -0.111. The van der Waals surface area contributed by atoms with Crippen LogP contribution in [0.2, 0.25) is 0 Å². The SMILES string of the molecule is C(OCC1CO1)C1CO1.O=C1NC1CC1CO1. The van der Waals surface area contributed by atoms with Gasteiger partial charge in [-0.25, -0.2) is 0 Å². The van der Waals surface area contributed by atoms with Crippen LogP contribution in [0.15, 0.2) is 0 Å². The third-order valence-electron chi connectivity index (χ3n) is 2.86. The Hall–Kier alpha value is -0.690. The van der Waals surface area contributed by atoms with Gasteiger partial charge in [-0.2, -0.15) is 0 Å². The van der Waals surface area contributed by atoms with Gasteiger partial charge in [0.05, 0.1) is 39.1 Å². The molecule has 0 aliphatic carbocycles. The highest BCUT2D eigenvalue weighted by atomic mass is 16.6. The summed E-state index contributed by atoms with van der Waals surface area (Å²) in [6.07, 6.45) is 2.06. The number of ether oxygens (including phenoxy) is 4. The van der Waals surface area contributed by atoms with Crippen molar-refractivity contribution < 1.29 is 23.7 Å². The van der Waals surface area contributed by atoms with Gasteiger partial charge >= 0.3 is 0 Å². The fourth-order valence-electron chi connectivity index (χ4n) is 1.42. The highest BCUT2D eigenvalue weighted by molar-refractivity contribution is 5.96. The zero-order chi connectivity index (χ0) is 11.7. The molecule has 0 bridgehead atoms. The van der Waals surface area contributed by atoms with Crippen molar-refractivity contribution in [3.63, 3.8) is 0 Å². The summed E-state index contributed by atoms with van der Waals surface area (Å²) in [5.41, 5.74) is 0. The van der Waals surface area contributed by atoms with Gasteiger partial charge in [-0.1, -0.05) is 0 Å². The summed E-state index contributed by atoms with van der Waals surface area (Å²) in [5, 5.41) is 2.68. The minimum atomic E-state index is 0.141. The average Bonchev–Trinajstić information content (AvgIpc) is 3.17. The van der Waals surface area contributed by atoms with Crippen LogP contribution in [0.5, 0.6) is 0 Å². The minimum absolute atomic E-state index is 0.141. The molecule has 0 spiro atoms. The Bertz CT molecular complexity index is 274. The van der Waals surface area contributed by atoms with Crippen molar-refractivity contribution in [3.05, 3.63) is 0 Å². The second-order valence-corrected chi connectivity index (χ2v) is 4.70. The summed E-state index contributed by atoms with van der Waals surface area (Å²) in [4.78, 5) is 10.3. The third-order valence-corrected chi connectivity index (χ3v) is 2.86. The molecule has 4 atom stereocenters. The van der Waals surface area contributed by atoms with Gasteiger partial charge < -0.3 is 24.3 Å². The molecule has 0 aromatic rings. The van der Waals surface area contributed by atoms with Gasteiger partial charge in [-0.15, -0.1) is 0 Å². The highest BCUT2D eigenvalue weighted by Crippen LogP contribution is 2.19. The first kappa shape index (κ1) is 11.4.